The van der Waals surface area contributed by atoms with Crippen LogP contribution in [0.1, 0.15) is 37.0 Å². The van der Waals surface area contributed by atoms with Gasteiger partial charge < -0.3 is 9.52 Å². The molecular formula is C14H14INO3. The number of aromatic nitrogens is 1. The zero-order valence-corrected chi connectivity index (χ0v) is 13.1. The molecule has 1 aromatic carbocycles. The van der Waals surface area contributed by atoms with Crippen LogP contribution in [-0.4, -0.2) is 16.1 Å². The fraction of sp³-hybridized carbons (Fsp3) is 0.286. The maximum absolute atomic E-state index is 11.2. The second-order valence-electron chi connectivity index (χ2n) is 5.26. The summed E-state index contributed by atoms with van der Waals surface area (Å²) in [7, 11) is 0. The number of halogens is 1. The van der Waals surface area contributed by atoms with Gasteiger partial charge in [0.2, 0.25) is 11.7 Å². The third kappa shape index (κ3) is 2.97. The summed E-state index contributed by atoms with van der Waals surface area (Å²) in [5.74, 6) is -0.825. The number of rotatable bonds is 2. The van der Waals surface area contributed by atoms with Gasteiger partial charge in [-0.25, -0.2) is 9.78 Å². The maximum Gasteiger partial charge on any atom is 0.373 e. The molecule has 0 fully saturated rings. The number of nitrogens with zero attached hydrogens (tertiary/aromatic N) is 1. The molecule has 1 heterocycles. The topological polar surface area (TPSA) is 63.3 Å². The number of carbonyl (C=O) groups is 1. The molecule has 2 rings (SSSR count). The lowest BCUT2D eigenvalue weighted by Gasteiger charge is -2.14. The lowest BCUT2D eigenvalue weighted by atomic mass is 9.91. The number of benzene rings is 1. The van der Waals surface area contributed by atoms with Crippen molar-refractivity contribution in [3.05, 3.63) is 39.3 Å². The minimum absolute atomic E-state index is 0.0824. The maximum atomic E-state index is 11.2. The van der Waals surface area contributed by atoms with Crippen molar-refractivity contribution in [2.24, 2.45) is 0 Å². The van der Waals surface area contributed by atoms with Crippen LogP contribution >= 0.6 is 22.6 Å². The Balaban J connectivity index is 2.55. The monoisotopic (exact) mass is 371 g/mol. The average Bonchev–Trinajstić information content (AvgIpc) is 2.74. The highest BCUT2D eigenvalue weighted by Crippen LogP contribution is 2.30. The Bertz CT molecular complexity index is 609. The molecular weight excluding hydrogens is 357 g/mol. The average molecular weight is 371 g/mol. The molecule has 2 aromatic rings. The van der Waals surface area contributed by atoms with Gasteiger partial charge in [0.1, 0.15) is 5.69 Å². The van der Waals surface area contributed by atoms with Gasteiger partial charge in [0.05, 0.1) is 0 Å². The van der Waals surface area contributed by atoms with Crippen molar-refractivity contribution in [1.82, 2.24) is 4.98 Å². The van der Waals surface area contributed by atoms with Crippen LogP contribution < -0.4 is 0 Å². The molecule has 5 heteroatoms. The number of carboxylic acids is 1. The zero-order valence-electron chi connectivity index (χ0n) is 10.9. The van der Waals surface area contributed by atoms with Crippen molar-refractivity contribution < 1.29 is 14.3 Å². The summed E-state index contributed by atoms with van der Waals surface area (Å²) < 4.78 is 6.52. The molecule has 4 nitrogen and oxygen atoms in total. The molecule has 0 unspecified atom stereocenters. The van der Waals surface area contributed by atoms with Gasteiger partial charge in [-0.05, 0) is 46.9 Å². The highest BCUT2D eigenvalue weighted by Gasteiger charge is 2.29. The molecule has 0 aliphatic rings. The smallest absolute Gasteiger partial charge is 0.373 e. The third-order valence-electron chi connectivity index (χ3n) is 2.62. The molecule has 0 bridgehead atoms. The van der Waals surface area contributed by atoms with Crippen molar-refractivity contribution in [1.29, 1.82) is 0 Å². The van der Waals surface area contributed by atoms with Gasteiger partial charge in [0.25, 0.3) is 0 Å². The minimum atomic E-state index is -1.09. The fourth-order valence-electron chi connectivity index (χ4n) is 1.69. The number of hydrogen-bond acceptors (Lipinski definition) is 3. The van der Waals surface area contributed by atoms with Crippen LogP contribution in [0.5, 0.6) is 0 Å². The first kappa shape index (κ1) is 14.0. The van der Waals surface area contributed by atoms with Gasteiger partial charge in [-0.15, -0.1) is 0 Å². The number of carboxylic acid groups (broad SMARTS) is 1. The van der Waals surface area contributed by atoms with E-state index in [0.717, 1.165) is 9.13 Å². The van der Waals surface area contributed by atoms with Crippen LogP contribution in [0, 0.1) is 3.57 Å². The van der Waals surface area contributed by atoms with Crippen LogP contribution in [-0.2, 0) is 5.41 Å². The van der Waals surface area contributed by atoms with Crippen molar-refractivity contribution >= 4 is 28.6 Å². The first-order valence-electron chi connectivity index (χ1n) is 5.79. The van der Waals surface area contributed by atoms with E-state index in [-0.39, 0.29) is 11.2 Å². The van der Waals surface area contributed by atoms with Gasteiger partial charge >= 0.3 is 5.97 Å². The Kier molecular flexibility index (Phi) is 3.66. The molecule has 0 aliphatic heterocycles. The van der Waals surface area contributed by atoms with Crippen LogP contribution in [0.15, 0.2) is 28.7 Å². The summed E-state index contributed by atoms with van der Waals surface area (Å²) in [5.41, 5.74) is 0.866. The predicted octanol–water partition coefficient (Wildman–Crippen LogP) is 3.94. The van der Waals surface area contributed by atoms with Crippen LogP contribution in [0.4, 0.5) is 0 Å². The Hall–Kier alpha value is -1.37. The van der Waals surface area contributed by atoms with Crippen LogP contribution in [0.3, 0.4) is 0 Å². The molecule has 0 aliphatic carbocycles. The third-order valence-corrected chi connectivity index (χ3v) is 3.34. The van der Waals surface area contributed by atoms with E-state index in [0.29, 0.717) is 11.6 Å². The van der Waals surface area contributed by atoms with E-state index < -0.39 is 5.97 Å². The SMILES string of the molecule is CC(C)(C)c1nc(-c2ccc(I)cc2)oc1C(=O)O. The molecule has 0 radical (unpaired) electrons. The summed E-state index contributed by atoms with van der Waals surface area (Å²) in [6.07, 6.45) is 0. The van der Waals surface area contributed by atoms with Gasteiger partial charge in [-0.1, -0.05) is 20.8 Å². The van der Waals surface area contributed by atoms with Gasteiger partial charge in [-0.2, -0.15) is 0 Å². The Labute approximate surface area is 125 Å². The molecule has 0 saturated carbocycles. The van der Waals surface area contributed by atoms with E-state index in [9.17, 15) is 9.90 Å². The van der Waals surface area contributed by atoms with Gasteiger partial charge in [-0.3, -0.25) is 0 Å². The van der Waals surface area contributed by atoms with Crippen LogP contribution in [0.25, 0.3) is 11.5 Å². The summed E-state index contributed by atoms with van der Waals surface area (Å²) in [6, 6.07) is 7.59. The first-order chi connectivity index (χ1) is 8.79. The number of hydrogen-bond donors (Lipinski definition) is 1. The first-order valence-corrected chi connectivity index (χ1v) is 6.87. The second-order valence-corrected chi connectivity index (χ2v) is 6.50. The molecule has 0 atom stereocenters. The molecule has 1 N–H and O–H groups in total. The quantitative estimate of drug-likeness (QED) is 0.813. The normalized spacial score (nSPS) is 11.6. The van der Waals surface area contributed by atoms with E-state index in [1.165, 1.54) is 0 Å². The second kappa shape index (κ2) is 4.96. The Morgan fingerprint density at radius 2 is 1.84 bits per heavy atom. The molecule has 19 heavy (non-hydrogen) atoms. The molecule has 0 amide bonds. The van der Waals surface area contributed by atoms with E-state index in [1.807, 2.05) is 45.0 Å². The molecule has 0 saturated heterocycles. The number of aromatic carboxylic acids is 1. The number of oxazole rings is 1. The Morgan fingerprint density at radius 1 is 1.26 bits per heavy atom. The lowest BCUT2D eigenvalue weighted by molar-refractivity contribution is 0.0659. The van der Waals surface area contributed by atoms with Gasteiger partial charge in [0, 0.05) is 14.5 Å². The van der Waals surface area contributed by atoms with Crippen molar-refractivity contribution in [3.8, 4) is 11.5 Å². The fourth-order valence-corrected chi connectivity index (χ4v) is 2.05. The summed E-state index contributed by atoms with van der Waals surface area (Å²) in [5, 5.41) is 9.20. The standard InChI is InChI=1S/C14H14INO3/c1-14(2,3)11-10(13(17)18)19-12(16-11)8-4-6-9(15)7-5-8/h4-7H,1-3H3,(H,17,18). The van der Waals surface area contributed by atoms with Crippen LogP contribution in [0.2, 0.25) is 0 Å². The summed E-state index contributed by atoms with van der Waals surface area (Å²) in [6.45, 7) is 5.74. The molecule has 1 aromatic heterocycles. The summed E-state index contributed by atoms with van der Waals surface area (Å²) >= 11 is 2.21. The Morgan fingerprint density at radius 3 is 2.26 bits per heavy atom. The van der Waals surface area contributed by atoms with E-state index >= 15 is 0 Å². The lowest BCUT2D eigenvalue weighted by Crippen LogP contribution is -2.16. The van der Waals surface area contributed by atoms with Crippen molar-refractivity contribution in [3.63, 3.8) is 0 Å². The van der Waals surface area contributed by atoms with E-state index in [1.54, 1.807) is 0 Å². The minimum Gasteiger partial charge on any atom is -0.475 e. The van der Waals surface area contributed by atoms with Crippen molar-refractivity contribution in [2.45, 2.75) is 26.2 Å². The van der Waals surface area contributed by atoms with E-state index in [2.05, 4.69) is 27.6 Å². The highest BCUT2D eigenvalue weighted by molar-refractivity contribution is 14.1. The predicted molar refractivity (Wildman–Crippen MR) is 80.3 cm³/mol. The van der Waals surface area contributed by atoms with Gasteiger partial charge in [0.15, 0.2) is 0 Å². The largest absolute Gasteiger partial charge is 0.475 e. The van der Waals surface area contributed by atoms with Crippen molar-refractivity contribution in [2.75, 3.05) is 0 Å². The molecule has 100 valence electrons. The molecule has 0 spiro atoms. The van der Waals surface area contributed by atoms with E-state index in [4.69, 9.17) is 4.42 Å². The summed E-state index contributed by atoms with van der Waals surface area (Å²) in [4.78, 5) is 15.6. The highest BCUT2D eigenvalue weighted by atomic mass is 127. The zero-order chi connectivity index (χ0) is 14.2.